The Kier molecular flexibility index (Phi) is 4.32. The van der Waals surface area contributed by atoms with Crippen LogP contribution in [0.15, 0.2) is 48.5 Å². The third kappa shape index (κ3) is 3.31. The van der Waals surface area contributed by atoms with Crippen LogP contribution in [0.4, 0.5) is 4.39 Å². The maximum Gasteiger partial charge on any atom is 0.127 e. The Balaban J connectivity index is 1.69. The van der Waals surface area contributed by atoms with Gasteiger partial charge in [0.05, 0.1) is 0 Å². The number of hydrogen-bond acceptors (Lipinski definition) is 2. The number of fused-ring (bicyclic) bond motifs is 1. The Hall–Kier alpha value is -1.71. The minimum Gasteiger partial charge on any atom is -0.312 e. The minimum atomic E-state index is -0.119. The fourth-order valence-electron chi connectivity index (χ4n) is 3.11. The summed E-state index contributed by atoms with van der Waals surface area (Å²) in [5.74, 6) is 0.346. The van der Waals surface area contributed by atoms with Crippen molar-refractivity contribution in [1.29, 1.82) is 0 Å². The van der Waals surface area contributed by atoms with Crippen LogP contribution in [0.5, 0.6) is 0 Å². The highest BCUT2D eigenvalue weighted by Gasteiger charge is 2.21. The van der Waals surface area contributed by atoms with Gasteiger partial charge in [-0.2, -0.15) is 0 Å². The van der Waals surface area contributed by atoms with Crippen molar-refractivity contribution in [2.24, 2.45) is 0 Å². The van der Waals surface area contributed by atoms with Crippen molar-refractivity contribution < 1.29 is 4.39 Å². The smallest absolute Gasteiger partial charge is 0.127 e. The van der Waals surface area contributed by atoms with Crippen molar-refractivity contribution in [1.82, 2.24) is 10.2 Å². The van der Waals surface area contributed by atoms with Crippen LogP contribution in [0.2, 0.25) is 0 Å². The Labute approximate surface area is 125 Å². The molecule has 0 spiro atoms. The third-order valence-electron chi connectivity index (χ3n) is 4.13. The van der Waals surface area contributed by atoms with Crippen molar-refractivity contribution in [3.63, 3.8) is 0 Å². The second-order valence-corrected chi connectivity index (χ2v) is 5.81. The molecule has 2 nitrogen and oxygen atoms in total. The number of rotatable bonds is 4. The summed E-state index contributed by atoms with van der Waals surface area (Å²) in [5, 5.41) is 3.47. The summed E-state index contributed by atoms with van der Waals surface area (Å²) < 4.78 is 13.7. The molecule has 1 atom stereocenters. The normalized spacial score (nSPS) is 17.8. The van der Waals surface area contributed by atoms with E-state index in [4.69, 9.17) is 0 Å². The van der Waals surface area contributed by atoms with Gasteiger partial charge < -0.3 is 10.2 Å². The van der Waals surface area contributed by atoms with Gasteiger partial charge in [-0.05, 0) is 24.2 Å². The van der Waals surface area contributed by atoms with Crippen LogP contribution in [-0.4, -0.2) is 25.0 Å². The highest BCUT2D eigenvalue weighted by atomic mass is 19.1. The highest BCUT2D eigenvalue weighted by molar-refractivity contribution is 5.33. The molecule has 0 aromatic heterocycles. The summed E-state index contributed by atoms with van der Waals surface area (Å²) in [6.07, 6.45) is 0. The van der Waals surface area contributed by atoms with Crippen LogP contribution in [-0.2, 0) is 13.1 Å². The maximum atomic E-state index is 13.7. The third-order valence-corrected chi connectivity index (χ3v) is 4.13. The fraction of sp³-hybridized carbons (Fsp3) is 0.333. The molecule has 0 aliphatic carbocycles. The molecule has 1 heterocycles. The molecule has 0 amide bonds. The molecular formula is C18H21FN2. The Morgan fingerprint density at radius 1 is 1.14 bits per heavy atom. The zero-order valence-electron chi connectivity index (χ0n) is 12.3. The zero-order chi connectivity index (χ0) is 14.7. The van der Waals surface area contributed by atoms with Gasteiger partial charge in [0, 0.05) is 37.7 Å². The zero-order valence-corrected chi connectivity index (χ0v) is 12.3. The molecule has 110 valence electrons. The van der Waals surface area contributed by atoms with Gasteiger partial charge in [0.1, 0.15) is 5.82 Å². The van der Waals surface area contributed by atoms with E-state index in [9.17, 15) is 4.39 Å². The Morgan fingerprint density at radius 3 is 2.76 bits per heavy atom. The first-order valence-corrected chi connectivity index (χ1v) is 7.44. The summed E-state index contributed by atoms with van der Waals surface area (Å²) in [7, 11) is 2.06. The lowest BCUT2D eigenvalue weighted by molar-refractivity contribution is 0.289. The molecule has 0 bridgehead atoms. The molecule has 2 aromatic rings. The van der Waals surface area contributed by atoms with Crippen LogP contribution in [0.1, 0.15) is 22.6 Å². The molecule has 2 aromatic carbocycles. The first-order chi connectivity index (χ1) is 10.2. The van der Waals surface area contributed by atoms with Gasteiger partial charge in [-0.15, -0.1) is 0 Å². The molecule has 0 radical (unpaired) electrons. The number of nitrogens with zero attached hydrogens (tertiary/aromatic N) is 1. The van der Waals surface area contributed by atoms with Gasteiger partial charge in [-0.25, -0.2) is 4.39 Å². The summed E-state index contributed by atoms with van der Waals surface area (Å²) in [6.45, 7) is 3.51. The van der Waals surface area contributed by atoms with E-state index in [1.807, 2.05) is 12.1 Å². The van der Waals surface area contributed by atoms with Gasteiger partial charge in [0.2, 0.25) is 0 Å². The molecule has 1 aliphatic rings. The van der Waals surface area contributed by atoms with Gasteiger partial charge in [0.25, 0.3) is 0 Å². The van der Waals surface area contributed by atoms with E-state index < -0.39 is 0 Å². The van der Waals surface area contributed by atoms with E-state index >= 15 is 0 Å². The molecule has 3 rings (SSSR count). The maximum absolute atomic E-state index is 13.7. The number of likely N-dealkylation sites (N-methyl/N-ethyl adjacent to an activating group) is 1. The van der Waals surface area contributed by atoms with Gasteiger partial charge in [-0.3, -0.25) is 0 Å². The average molecular weight is 284 g/mol. The lowest BCUT2D eigenvalue weighted by atomic mass is 9.90. The molecule has 21 heavy (non-hydrogen) atoms. The van der Waals surface area contributed by atoms with Crippen molar-refractivity contribution in [3.05, 3.63) is 71.0 Å². The van der Waals surface area contributed by atoms with Crippen molar-refractivity contribution >= 4 is 0 Å². The fourth-order valence-corrected chi connectivity index (χ4v) is 3.11. The Morgan fingerprint density at radius 2 is 1.90 bits per heavy atom. The predicted octanol–water partition coefficient (Wildman–Crippen LogP) is 3.14. The molecule has 0 saturated carbocycles. The SMILES string of the molecule is CN(Cc1ccccc1F)CC1CNCc2ccccc21. The Bertz CT molecular complexity index is 612. The number of nitrogens with one attached hydrogen (secondary N) is 1. The van der Waals surface area contributed by atoms with Crippen LogP contribution in [0.25, 0.3) is 0 Å². The quantitative estimate of drug-likeness (QED) is 0.928. The molecule has 1 unspecified atom stereocenters. The standard InChI is InChI=1S/C18H21FN2/c1-21(12-15-7-3-5-9-18(15)19)13-16-11-20-10-14-6-2-4-8-17(14)16/h2-9,16,20H,10-13H2,1H3. The molecule has 3 heteroatoms. The average Bonchev–Trinajstić information content (AvgIpc) is 2.50. The van der Waals surface area contributed by atoms with Crippen LogP contribution in [0, 0.1) is 5.82 Å². The first-order valence-electron chi connectivity index (χ1n) is 7.44. The van der Waals surface area contributed by atoms with Crippen molar-refractivity contribution in [2.45, 2.75) is 19.0 Å². The van der Waals surface area contributed by atoms with Gasteiger partial charge in [0.15, 0.2) is 0 Å². The molecule has 1 aliphatic heterocycles. The summed E-state index contributed by atoms with van der Waals surface area (Å²) in [6, 6.07) is 15.6. The van der Waals surface area contributed by atoms with Crippen molar-refractivity contribution in [3.8, 4) is 0 Å². The summed E-state index contributed by atoms with van der Waals surface area (Å²) in [4.78, 5) is 2.20. The minimum absolute atomic E-state index is 0.119. The van der Waals surface area contributed by atoms with Crippen LogP contribution in [0.3, 0.4) is 0 Å². The van der Waals surface area contributed by atoms with E-state index in [2.05, 4.69) is 41.5 Å². The van der Waals surface area contributed by atoms with Crippen LogP contribution < -0.4 is 5.32 Å². The monoisotopic (exact) mass is 284 g/mol. The summed E-state index contributed by atoms with van der Waals surface area (Å²) in [5.41, 5.74) is 3.57. The lowest BCUT2D eigenvalue weighted by Gasteiger charge is -2.30. The number of halogens is 1. The van der Waals surface area contributed by atoms with E-state index in [0.717, 1.165) is 25.2 Å². The highest BCUT2D eigenvalue weighted by Crippen LogP contribution is 2.24. The van der Waals surface area contributed by atoms with Crippen LogP contribution >= 0.6 is 0 Å². The summed E-state index contributed by atoms with van der Waals surface area (Å²) >= 11 is 0. The largest absolute Gasteiger partial charge is 0.312 e. The number of benzene rings is 2. The second-order valence-electron chi connectivity index (χ2n) is 5.81. The number of hydrogen-bond donors (Lipinski definition) is 1. The molecule has 0 saturated heterocycles. The second kappa shape index (κ2) is 6.37. The topological polar surface area (TPSA) is 15.3 Å². The van der Waals surface area contributed by atoms with E-state index in [1.54, 1.807) is 6.07 Å². The molecular weight excluding hydrogens is 263 g/mol. The molecule has 1 N–H and O–H groups in total. The lowest BCUT2D eigenvalue weighted by Crippen LogP contribution is -2.35. The van der Waals surface area contributed by atoms with Crippen molar-refractivity contribution in [2.75, 3.05) is 20.1 Å². The molecule has 0 fully saturated rings. The predicted molar refractivity (Wildman–Crippen MR) is 83.6 cm³/mol. The van der Waals surface area contributed by atoms with Gasteiger partial charge in [-0.1, -0.05) is 42.5 Å². The van der Waals surface area contributed by atoms with Gasteiger partial charge >= 0.3 is 0 Å². The van der Waals surface area contributed by atoms with E-state index in [1.165, 1.54) is 17.2 Å². The van der Waals surface area contributed by atoms with E-state index in [0.29, 0.717) is 12.5 Å². The first kappa shape index (κ1) is 14.2. The van der Waals surface area contributed by atoms with E-state index in [-0.39, 0.29) is 5.82 Å².